The van der Waals surface area contributed by atoms with Crippen molar-refractivity contribution in [3.63, 3.8) is 0 Å². The van der Waals surface area contributed by atoms with Crippen LogP contribution in [0, 0.1) is 0 Å². The predicted molar refractivity (Wildman–Crippen MR) is 92.7 cm³/mol. The minimum absolute atomic E-state index is 0.101. The van der Waals surface area contributed by atoms with Gasteiger partial charge in [-0.3, -0.25) is 9.20 Å². The van der Waals surface area contributed by atoms with Crippen molar-refractivity contribution in [3.05, 3.63) is 41.3 Å². The third-order valence-electron chi connectivity index (χ3n) is 3.60. The second-order valence-electron chi connectivity index (χ2n) is 5.24. The lowest BCUT2D eigenvalue weighted by molar-refractivity contribution is -0.144. The van der Waals surface area contributed by atoms with Crippen molar-refractivity contribution in [2.45, 2.75) is 32.7 Å². The van der Waals surface area contributed by atoms with Gasteiger partial charge in [-0.1, -0.05) is 31.5 Å². The second-order valence-corrected chi connectivity index (χ2v) is 5.60. The second kappa shape index (κ2) is 8.49. The van der Waals surface area contributed by atoms with Gasteiger partial charge in [-0.15, -0.1) is 0 Å². The number of carbonyl (C=O) groups is 2. The number of amides is 1. The van der Waals surface area contributed by atoms with Crippen molar-refractivity contribution in [2.75, 3.05) is 6.61 Å². The summed E-state index contributed by atoms with van der Waals surface area (Å²) in [6.07, 6.45) is 6.21. The number of carbonyl (C=O) groups excluding carboxylic acids is 2. The summed E-state index contributed by atoms with van der Waals surface area (Å²) in [4.78, 5) is 27.6. The molecular weight excluding hydrogens is 330 g/mol. The van der Waals surface area contributed by atoms with Crippen LogP contribution in [0.25, 0.3) is 11.7 Å². The summed E-state index contributed by atoms with van der Waals surface area (Å²) in [5, 5.41) is 3.09. The van der Waals surface area contributed by atoms with E-state index >= 15 is 0 Å². The Hall–Kier alpha value is -2.34. The standard InChI is InChI=1S/C17H20ClN3O3/c1-3-12(4-2)19-15(22)11-24-16(23)9-8-13-17(18)20-14-7-5-6-10-21(13)14/h5-10,12H,3-4,11H2,1-2H3,(H,19,22)/b9-8+. The highest BCUT2D eigenvalue weighted by Gasteiger charge is 2.11. The molecule has 0 saturated carbocycles. The van der Waals surface area contributed by atoms with Crippen molar-refractivity contribution >= 4 is 35.2 Å². The highest BCUT2D eigenvalue weighted by molar-refractivity contribution is 6.31. The van der Waals surface area contributed by atoms with E-state index in [0.29, 0.717) is 11.3 Å². The number of aromatic nitrogens is 2. The first-order valence-electron chi connectivity index (χ1n) is 7.81. The molecule has 6 nitrogen and oxygen atoms in total. The summed E-state index contributed by atoms with van der Waals surface area (Å²) in [5.74, 6) is -0.921. The summed E-state index contributed by atoms with van der Waals surface area (Å²) in [6.45, 7) is 3.67. The van der Waals surface area contributed by atoms with E-state index in [-0.39, 0.29) is 23.7 Å². The average molecular weight is 350 g/mol. The van der Waals surface area contributed by atoms with E-state index in [2.05, 4.69) is 10.3 Å². The highest BCUT2D eigenvalue weighted by Crippen LogP contribution is 2.18. The fourth-order valence-electron chi connectivity index (χ4n) is 2.23. The van der Waals surface area contributed by atoms with Gasteiger partial charge in [-0.25, -0.2) is 9.78 Å². The van der Waals surface area contributed by atoms with Crippen LogP contribution in [0.1, 0.15) is 32.4 Å². The minimum Gasteiger partial charge on any atom is -0.452 e. The van der Waals surface area contributed by atoms with Crippen molar-refractivity contribution in [1.82, 2.24) is 14.7 Å². The number of rotatable bonds is 7. The lowest BCUT2D eigenvalue weighted by Crippen LogP contribution is -2.36. The maximum atomic E-state index is 11.8. The SMILES string of the molecule is CCC(CC)NC(=O)COC(=O)/C=C/c1c(Cl)nc2ccccn12. The largest absolute Gasteiger partial charge is 0.452 e. The van der Waals surface area contributed by atoms with Gasteiger partial charge in [0.15, 0.2) is 11.8 Å². The monoisotopic (exact) mass is 349 g/mol. The maximum Gasteiger partial charge on any atom is 0.331 e. The molecule has 0 spiro atoms. The van der Waals surface area contributed by atoms with Crippen LogP contribution >= 0.6 is 11.6 Å². The molecule has 0 bridgehead atoms. The summed E-state index contributed by atoms with van der Waals surface area (Å²) in [6, 6.07) is 5.59. The number of ether oxygens (including phenoxy) is 1. The zero-order chi connectivity index (χ0) is 17.5. The Bertz CT molecular complexity index is 751. The molecule has 0 aromatic carbocycles. The maximum absolute atomic E-state index is 11.8. The third-order valence-corrected chi connectivity index (χ3v) is 3.87. The van der Waals surface area contributed by atoms with Gasteiger partial charge >= 0.3 is 5.97 Å². The van der Waals surface area contributed by atoms with Gasteiger partial charge in [0.05, 0.1) is 5.69 Å². The zero-order valence-corrected chi connectivity index (χ0v) is 14.4. The first-order chi connectivity index (χ1) is 11.5. The number of hydrogen-bond acceptors (Lipinski definition) is 4. The summed E-state index contributed by atoms with van der Waals surface area (Å²) in [5.41, 5.74) is 1.26. The molecule has 128 valence electrons. The Labute approximate surface area is 145 Å². The Morgan fingerprint density at radius 2 is 2.12 bits per heavy atom. The number of esters is 1. The first kappa shape index (κ1) is 18.0. The van der Waals surface area contributed by atoms with Crippen molar-refractivity contribution < 1.29 is 14.3 Å². The first-order valence-corrected chi connectivity index (χ1v) is 8.19. The van der Waals surface area contributed by atoms with Crippen molar-refractivity contribution in [1.29, 1.82) is 0 Å². The van der Waals surface area contributed by atoms with Crippen LogP contribution in [0.2, 0.25) is 5.15 Å². The van der Waals surface area contributed by atoms with Gasteiger partial charge in [-0.05, 0) is 31.1 Å². The number of nitrogens with one attached hydrogen (secondary N) is 1. The molecule has 0 atom stereocenters. The molecule has 7 heteroatoms. The molecule has 0 radical (unpaired) electrons. The smallest absolute Gasteiger partial charge is 0.331 e. The Balaban J connectivity index is 1.93. The number of imidazole rings is 1. The molecule has 0 saturated heterocycles. The number of fused-ring (bicyclic) bond motifs is 1. The molecule has 0 aliphatic heterocycles. The number of hydrogen-bond donors (Lipinski definition) is 1. The fourth-order valence-corrected chi connectivity index (χ4v) is 2.47. The van der Waals surface area contributed by atoms with Crippen LogP contribution in [0.15, 0.2) is 30.5 Å². The molecule has 24 heavy (non-hydrogen) atoms. The van der Waals surface area contributed by atoms with Crippen LogP contribution in [0.5, 0.6) is 0 Å². The molecule has 2 aromatic rings. The molecule has 2 aromatic heterocycles. The van der Waals surface area contributed by atoms with E-state index in [9.17, 15) is 9.59 Å². The third kappa shape index (κ3) is 4.58. The number of nitrogens with zero attached hydrogens (tertiary/aromatic N) is 2. The van der Waals surface area contributed by atoms with Gasteiger partial charge in [0.25, 0.3) is 5.91 Å². The molecule has 1 amide bonds. The Morgan fingerprint density at radius 1 is 1.38 bits per heavy atom. The van der Waals surface area contributed by atoms with Gasteiger partial charge in [-0.2, -0.15) is 0 Å². The van der Waals surface area contributed by atoms with Gasteiger partial charge in [0.1, 0.15) is 5.65 Å². The predicted octanol–water partition coefficient (Wildman–Crippen LogP) is 2.85. The van der Waals surface area contributed by atoms with Crippen LogP contribution in [0.3, 0.4) is 0 Å². The van der Waals surface area contributed by atoms with Crippen molar-refractivity contribution in [2.24, 2.45) is 0 Å². The van der Waals surface area contributed by atoms with Crippen molar-refractivity contribution in [3.8, 4) is 0 Å². The van der Waals surface area contributed by atoms with Crippen LogP contribution in [-0.2, 0) is 14.3 Å². The van der Waals surface area contributed by atoms with Gasteiger partial charge in [0.2, 0.25) is 0 Å². The average Bonchev–Trinajstić information content (AvgIpc) is 2.91. The van der Waals surface area contributed by atoms with Crippen LogP contribution in [0.4, 0.5) is 0 Å². The van der Waals surface area contributed by atoms with E-state index in [1.54, 1.807) is 10.6 Å². The Morgan fingerprint density at radius 3 is 2.83 bits per heavy atom. The molecule has 0 unspecified atom stereocenters. The lowest BCUT2D eigenvalue weighted by atomic mass is 10.2. The lowest BCUT2D eigenvalue weighted by Gasteiger charge is -2.14. The summed E-state index contributed by atoms with van der Waals surface area (Å²) >= 11 is 6.07. The molecule has 0 aliphatic carbocycles. The summed E-state index contributed by atoms with van der Waals surface area (Å²) in [7, 11) is 0. The highest BCUT2D eigenvalue weighted by atomic mass is 35.5. The number of pyridine rings is 1. The van der Waals surface area contributed by atoms with E-state index < -0.39 is 5.97 Å². The number of halogens is 1. The molecule has 2 rings (SSSR count). The van der Waals surface area contributed by atoms with E-state index in [1.165, 1.54) is 12.2 Å². The van der Waals surface area contributed by atoms with E-state index in [0.717, 1.165) is 12.8 Å². The van der Waals surface area contributed by atoms with Crippen LogP contribution < -0.4 is 5.32 Å². The zero-order valence-electron chi connectivity index (χ0n) is 13.7. The fraction of sp³-hybridized carbons (Fsp3) is 0.353. The molecule has 0 fully saturated rings. The molecule has 2 heterocycles. The molecular formula is C17H20ClN3O3. The quantitative estimate of drug-likeness (QED) is 0.616. The normalized spacial score (nSPS) is 11.3. The van der Waals surface area contributed by atoms with Gasteiger partial charge in [0, 0.05) is 18.3 Å². The minimum atomic E-state index is -0.614. The van der Waals surface area contributed by atoms with E-state index in [4.69, 9.17) is 16.3 Å². The topological polar surface area (TPSA) is 72.7 Å². The van der Waals surface area contributed by atoms with E-state index in [1.807, 2.05) is 32.0 Å². The van der Waals surface area contributed by atoms with Crippen LogP contribution in [-0.4, -0.2) is 33.9 Å². The van der Waals surface area contributed by atoms with Gasteiger partial charge < -0.3 is 10.1 Å². The Kier molecular flexibility index (Phi) is 6.37. The summed E-state index contributed by atoms with van der Waals surface area (Å²) < 4.78 is 6.69. The molecule has 1 N–H and O–H groups in total. The molecule has 0 aliphatic rings.